The van der Waals surface area contributed by atoms with E-state index >= 15 is 0 Å². The van der Waals surface area contributed by atoms with Crippen molar-refractivity contribution in [3.8, 4) is 0 Å². The van der Waals surface area contributed by atoms with Crippen molar-refractivity contribution in [3.63, 3.8) is 0 Å². The van der Waals surface area contributed by atoms with Crippen molar-refractivity contribution < 1.29 is 19.6 Å². The highest BCUT2D eigenvalue weighted by Crippen LogP contribution is 2.34. The number of nitro benzene ring substituents is 1. The fraction of sp³-hybridized carbons (Fsp3) is 0.385. The normalized spacial score (nSPS) is 15.4. The fourth-order valence-corrected chi connectivity index (χ4v) is 2.09. The third kappa shape index (κ3) is 3.31. The maximum Gasteiger partial charge on any atom is 0.305 e. The summed E-state index contributed by atoms with van der Waals surface area (Å²) in [4.78, 5) is 33.1. The van der Waals surface area contributed by atoms with Crippen LogP contribution in [0.25, 0.3) is 0 Å². The molecule has 0 heterocycles. The Kier molecular flexibility index (Phi) is 3.97. The zero-order chi connectivity index (χ0) is 14.7. The smallest absolute Gasteiger partial charge is 0.305 e. The van der Waals surface area contributed by atoms with Crippen molar-refractivity contribution in [1.82, 2.24) is 5.32 Å². The second-order valence-corrected chi connectivity index (χ2v) is 4.79. The summed E-state index contributed by atoms with van der Waals surface area (Å²) in [6.45, 7) is 0. The Morgan fingerprint density at radius 3 is 2.60 bits per heavy atom. The zero-order valence-electron chi connectivity index (χ0n) is 10.6. The number of carboxylic acids is 1. The summed E-state index contributed by atoms with van der Waals surface area (Å²) in [7, 11) is 0. The van der Waals surface area contributed by atoms with Gasteiger partial charge in [0.25, 0.3) is 11.6 Å². The van der Waals surface area contributed by atoms with Gasteiger partial charge in [-0.2, -0.15) is 0 Å². The van der Waals surface area contributed by atoms with Gasteiger partial charge in [0.2, 0.25) is 0 Å². The Hall–Kier alpha value is -2.44. The number of carboxylic acid groups (broad SMARTS) is 1. The molecule has 1 unspecified atom stereocenters. The van der Waals surface area contributed by atoms with E-state index in [9.17, 15) is 19.7 Å². The number of nitrogens with zero attached hydrogens (tertiary/aromatic N) is 1. The van der Waals surface area contributed by atoms with Gasteiger partial charge in [-0.25, -0.2) is 0 Å². The summed E-state index contributed by atoms with van der Waals surface area (Å²) in [5.41, 5.74) is -0.330. The predicted octanol–water partition coefficient (Wildman–Crippen LogP) is 1.58. The van der Waals surface area contributed by atoms with Crippen molar-refractivity contribution in [3.05, 3.63) is 39.9 Å². The van der Waals surface area contributed by atoms with Crippen molar-refractivity contribution >= 4 is 17.6 Å². The maximum absolute atomic E-state index is 12.1. The van der Waals surface area contributed by atoms with Gasteiger partial charge in [0.05, 0.1) is 11.3 Å². The van der Waals surface area contributed by atoms with Gasteiger partial charge in [-0.05, 0) is 24.8 Å². The van der Waals surface area contributed by atoms with Gasteiger partial charge < -0.3 is 10.4 Å². The van der Waals surface area contributed by atoms with Gasteiger partial charge in [0, 0.05) is 12.1 Å². The molecule has 0 spiro atoms. The average molecular weight is 278 g/mol. The highest BCUT2D eigenvalue weighted by Gasteiger charge is 2.34. The molecule has 1 aliphatic rings. The molecule has 1 saturated carbocycles. The Bertz CT molecular complexity index is 553. The molecular formula is C13H14N2O5. The van der Waals surface area contributed by atoms with Crippen molar-refractivity contribution in [1.29, 1.82) is 0 Å². The molecule has 7 nitrogen and oxygen atoms in total. The number of hydrogen-bond acceptors (Lipinski definition) is 4. The lowest BCUT2D eigenvalue weighted by atomic mass is 10.1. The number of para-hydroxylation sites is 1. The molecule has 106 valence electrons. The van der Waals surface area contributed by atoms with E-state index in [2.05, 4.69) is 5.32 Å². The molecule has 7 heteroatoms. The first-order valence-corrected chi connectivity index (χ1v) is 6.25. The summed E-state index contributed by atoms with van der Waals surface area (Å²) in [6.07, 6.45) is 1.57. The molecule has 1 fully saturated rings. The van der Waals surface area contributed by atoms with E-state index in [0.29, 0.717) is 0 Å². The molecule has 0 saturated heterocycles. The number of carbonyl (C=O) groups excluding carboxylic acids is 1. The summed E-state index contributed by atoms with van der Waals surface area (Å²) in [5, 5.41) is 22.3. The van der Waals surface area contributed by atoms with Crippen LogP contribution in [0.5, 0.6) is 0 Å². The first-order chi connectivity index (χ1) is 9.49. The average Bonchev–Trinajstić information content (AvgIpc) is 3.21. The quantitative estimate of drug-likeness (QED) is 0.606. The molecule has 1 atom stereocenters. The summed E-state index contributed by atoms with van der Waals surface area (Å²) >= 11 is 0. The van der Waals surface area contributed by atoms with Crippen LogP contribution >= 0.6 is 0 Å². The summed E-state index contributed by atoms with van der Waals surface area (Å²) in [6, 6.07) is 5.14. The highest BCUT2D eigenvalue weighted by atomic mass is 16.6. The van der Waals surface area contributed by atoms with Crippen LogP contribution in [0, 0.1) is 16.0 Å². The van der Waals surface area contributed by atoms with E-state index in [4.69, 9.17) is 5.11 Å². The number of nitrogens with one attached hydrogen (secondary N) is 1. The largest absolute Gasteiger partial charge is 0.481 e. The molecule has 0 aromatic heterocycles. The lowest BCUT2D eigenvalue weighted by molar-refractivity contribution is -0.385. The molecule has 0 aliphatic heterocycles. The number of amides is 1. The molecule has 20 heavy (non-hydrogen) atoms. The van der Waals surface area contributed by atoms with E-state index in [1.807, 2.05) is 0 Å². The minimum Gasteiger partial charge on any atom is -0.481 e. The first kappa shape index (κ1) is 14.0. The Morgan fingerprint density at radius 2 is 2.05 bits per heavy atom. The summed E-state index contributed by atoms with van der Waals surface area (Å²) < 4.78 is 0. The molecule has 0 radical (unpaired) electrons. The van der Waals surface area contributed by atoms with Crippen LogP contribution in [0.4, 0.5) is 5.69 Å². The first-order valence-electron chi connectivity index (χ1n) is 6.25. The van der Waals surface area contributed by atoms with Crippen molar-refractivity contribution in [2.24, 2.45) is 5.92 Å². The molecule has 2 rings (SSSR count). The highest BCUT2D eigenvalue weighted by molar-refractivity contribution is 5.98. The van der Waals surface area contributed by atoms with Crippen LogP contribution < -0.4 is 5.32 Å². The second-order valence-electron chi connectivity index (χ2n) is 4.79. The van der Waals surface area contributed by atoms with E-state index < -0.39 is 22.8 Å². The van der Waals surface area contributed by atoms with Gasteiger partial charge in [-0.15, -0.1) is 0 Å². The van der Waals surface area contributed by atoms with E-state index in [1.165, 1.54) is 24.3 Å². The van der Waals surface area contributed by atoms with E-state index in [0.717, 1.165) is 12.8 Å². The van der Waals surface area contributed by atoms with Crippen LogP contribution in [0.15, 0.2) is 24.3 Å². The lowest BCUT2D eigenvalue weighted by Crippen LogP contribution is -2.38. The standard InChI is InChI=1S/C13H14N2O5/c16-12(17)7-10(8-5-6-8)14-13(18)9-3-1-2-4-11(9)15(19)20/h1-4,8,10H,5-7H2,(H,14,18)(H,16,17). The molecule has 0 bridgehead atoms. The number of carbonyl (C=O) groups is 2. The number of aliphatic carboxylic acids is 1. The SMILES string of the molecule is O=C(O)CC(NC(=O)c1ccccc1[N+](=O)[O-])C1CC1. The van der Waals surface area contributed by atoms with E-state index in [1.54, 1.807) is 0 Å². The summed E-state index contributed by atoms with van der Waals surface area (Å²) in [5.74, 6) is -1.45. The number of nitro groups is 1. The van der Waals surface area contributed by atoms with Crippen LogP contribution in [0.1, 0.15) is 29.6 Å². The van der Waals surface area contributed by atoms with Crippen LogP contribution in [-0.2, 0) is 4.79 Å². The molecule has 1 aliphatic carbocycles. The number of rotatable bonds is 6. The van der Waals surface area contributed by atoms with Gasteiger partial charge in [0.15, 0.2) is 0 Å². The molecule has 1 aromatic rings. The molecule has 1 amide bonds. The van der Waals surface area contributed by atoms with Gasteiger partial charge in [0.1, 0.15) is 5.56 Å². The van der Waals surface area contributed by atoms with Crippen LogP contribution in [-0.4, -0.2) is 27.9 Å². The number of benzene rings is 1. The topological polar surface area (TPSA) is 110 Å². The van der Waals surface area contributed by atoms with Crippen molar-refractivity contribution in [2.45, 2.75) is 25.3 Å². The Labute approximate surface area is 114 Å². The van der Waals surface area contributed by atoms with Gasteiger partial charge in [-0.1, -0.05) is 12.1 Å². The molecule has 1 aromatic carbocycles. The second kappa shape index (κ2) is 5.68. The Morgan fingerprint density at radius 1 is 1.40 bits per heavy atom. The third-order valence-electron chi connectivity index (χ3n) is 3.25. The fourth-order valence-electron chi connectivity index (χ4n) is 2.09. The lowest BCUT2D eigenvalue weighted by Gasteiger charge is -2.16. The van der Waals surface area contributed by atoms with Crippen LogP contribution in [0.2, 0.25) is 0 Å². The zero-order valence-corrected chi connectivity index (χ0v) is 10.6. The van der Waals surface area contributed by atoms with Gasteiger partial charge in [-0.3, -0.25) is 19.7 Å². The minimum absolute atomic E-state index is 0.0476. The van der Waals surface area contributed by atoms with Gasteiger partial charge >= 0.3 is 5.97 Å². The molecular weight excluding hydrogens is 264 g/mol. The number of hydrogen-bond donors (Lipinski definition) is 2. The Balaban J connectivity index is 2.14. The monoisotopic (exact) mass is 278 g/mol. The molecule has 2 N–H and O–H groups in total. The van der Waals surface area contributed by atoms with Crippen LogP contribution in [0.3, 0.4) is 0 Å². The predicted molar refractivity (Wildman–Crippen MR) is 69.3 cm³/mol. The van der Waals surface area contributed by atoms with E-state index in [-0.39, 0.29) is 23.6 Å². The van der Waals surface area contributed by atoms with Crippen molar-refractivity contribution in [2.75, 3.05) is 0 Å². The third-order valence-corrected chi connectivity index (χ3v) is 3.25. The maximum atomic E-state index is 12.1. The minimum atomic E-state index is -0.996.